The van der Waals surface area contributed by atoms with Gasteiger partial charge in [0.2, 0.25) is 11.8 Å². The molecule has 1 aliphatic rings. The van der Waals surface area contributed by atoms with Crippen LogP contribution in [0.15, 0.2) is 4.99 Å². The van der Waals surface area contributed by atoms with Gasteiger partial charge in [0.1, 0.15) is 0 Å². The Morgan fingerprint density at radius 1 is 1.26 bits per heavy atom. The molecule has 19 heavy (non-hydrogen) atoms. The Bertz CT molecular complexity index is 404. The molecule has 1 heterocycles. The number of urea groups is 1. The number of imide groups is 2. The van der Waals surface area contributed by atoms with Gasteiger partial charge in [0.15, 0.2) is 5.92 Å². The molecule has 0 aromatic heterocycles. The molecule has 1 rings (SSSR count). The zero-order valence-corrected chi connectivity index (χ0v) is 11.7. The van der Waals surface area contributed by atoms with E-state index in [2.05, 4.69) is 17.2 Å². The molecule has 1 saturated heterocycles. The van der Waals surface area contributed by atoms with Crippen molar-refractivity contribution < 1.29 is 14.4 Å². The highest BCUT2D eigenvalue weighted by molar-refractivity contribution is 6.27. The fourth-order valence-corrected chi connectivity index (χ4v) is 2.02. The summed E-state index contributed by atoms with van der Waals surface area (Å²) in [5.41, 5.74) is 0.425. The van der Waals surface area contributed by atoms with Crippen molar-refractivity contribution in [3.63, 3.8) is 0 Å². The SMILES string of the molecule is CCCCCCN1C(=O)NC(=O)[C@@H](C(C)=NC)C1=O. The molecule has 0 unspecified atom stereocenters. The standard InChI is InChI=1S/C13H21N3O3/c1-4-5-6-7-8-16-12(18)10(9(2)14-3)11(17)15-13(16)19/h10H,4-8H2,1-3H3,(H,15,17,19)/t10-/m1/s1. The van der Waals surface area contributed by atoms with Gasteiger partial charge in [-0.05, 0) is 13.3 Å². The third-order valence-electron chi connectivity index (χ3n) is 3.26. The number of carbonyl (C=O) groups excluding carboxylic acids is 3. The van der Waals surface area contributed by atoms with Gasteiger partial charge < -0.3 is 0 Å². The maximum absolute atomic E-state index is 12.2. The topological polar surface area (TPSA) is 78.8 Å². The van der Waals surface area contributed by atoms with Crippen molar-refractivity contribution in [1.29, 1.82) is 0 Å². The number of nitrogens with zero attached hydrogens (tertiary/aromatic N) is 2. The van der Waals surface area contributed by atoms with E-state index in [0.29, 0.717) is 12.3 Å². The minimum Gasteiger partial charge on any atom is -0.296 e. The molecule has 0 saturated carbocycles. The van der Waals surface area contributed by atoms with E-state index in [1.54, 1.807) is 6.92 Å². The van der Waals surface area contributed by atoms with Gasteiger partial charge in [-0.25, -0.2) is 4.79 Å². The van der Waals surface area contributed by atoms with Crippen molar-refractivity contribution in [3.05, 3.63) is 0 Å². The molecule has 6 heteroatoms. The minimum absolute atomic E-state index is 0.353. The fourth-order valence-electron chi connectivity index (χ4n) is 2.02. The third kappa shape index (κ3) is 3.62. The van der Waals surface area contributed by atoms with Crippen molar-refractivity contribution in [1.82, 2.24) is 10.2 Å². The van der Waals surface area contributed by atoms with Crippen LogP contribution in [0.2, 0.25) is 0 Å². The Labute approximate surface area is 113 Å². The molecular formula is C13H21N3O3. The Kier molecular flexibility index (Phi) is 5.66. The molecule has 106 valence electrons. The van der Waals surface area contributed by atoms with Crippen LogP contribution in [0, 0.1) is 5.92 Å². The van der Waals surface area contributed by atoms with Crippen molar-refractivity contribution in [2.24, 2.45) is 10.9 Å². The smallest absolute Gasteiger partial charge is 0.296 e. The average molecular weight is 267 g/mol. The quantitative estimate of drug-likeness (QED) is 0.448. The predicted molar refractivity (Wildman–Crippen MR) is 71.9 cm³/mol. The molecule has 4 amide bonds. The molecular weight excluding hydrogens is 246 g/mol. The molecule has 6 nitrogen and oxygen atoms in total. The van der Waals surface area contributed by atoms with Crippen molar-refractivity contribution in [2.75, 3.05) is 13.6 Å². The van der Waals surface area contributed by atoms with Crippen LogP contribution >= 0.6 is 0 Å². The number of amides is 4. The van der Waals surface area contributed by atoms with Crippen LogP contribution in [0.5, 0.6) is 0 Å². The van der Waals surface area contributed by atoms with Gasteiger partial charge in [-0.1, -0.05) is 26.2 Å². The summed E-state index contributed by atoms with van der Waals surface area (Å²) in [4.78, 5) is 40.5. The fraction of sp³-hybridized carbons (Fsp3) is 0.692. The van der Waals surface area contributed by atoms with E-state index in [1.165, 1.54) is 7.05 Å². The molecule has 1 aliphatic heterocycles. The summed E-state index contributed by atoms with van der Waals surface area (Å²) < 4.78 is 0. The van der Waals surface area contributed by atoms with E-state index in [9.17, 15) is 14.4 Å². The summed E-state index contributed by atoms with van der Waals surface area (Å²) in [6.45, 7) is 4.06. The first-order chi connectivity index (χ1) is 9.02. The second kappa shape index (κ2) is 7.01. The molecule has 0 aromatic rings. The first kappa shape index (κ1) is 15.3. The molecule has 1 fully saturated rings. The molecule has 1 N–H and O–H groups in total. The van der Waals surface area contributed by atoms with Crippen LogP contribution < -0.4 is 5.32 Å². The number of rotatable bonds is 6. The van der Waals surface area contributed by atoms with E-state index in [4.69, 9.17) is 0 Å². The summed E-state index contributed by atoms with van der Waals surface area (Å²) in [5, 5.41) is 2.21. The Balaban J connectivity index is 2.72. The van der Waals surface area contributed by atoms with E-state index in [0.717, 1.165) is 30.6 Å². The van der Waals surface area contributed by atoms with Gasteiger partial charge in [0.05, 0.1) is 0 Å². The summed E-state index contributed by atoms with van der Waals surface area (Å²) in [7, 11) is 1.53. The summed E-state index contributed by atoms with van der Waals surface area (Å²) >= 11 is 0. The lowest BCUT2D eigenvalue weighted by Crippen LogP contribution is -2.59. The molecule has 1 atom stereocenters. The molecule has 0 aliphatic carbocycles. The Hall–Kier alpha value is -1.72. The number of nitrogens with one attached hydrogen (secondary N) is 1. The van der Waals surface area contributed by atoms with E-state index >= 15 is 0 Å². The van der Waals surface area contributed by atoms with Crippen LogP contribution in [0.25, 0.3) is 0 Å². The zero-order valence-electron chi connectivity index (χ0n) is 11.7. The summed E-state index contributed by atoms with van der Waals surface area (Å²) in [5.74, 6) is -2.01. The van der Waals surface area contributed by atoms with E-state index in [1.807, 2.05) is 0 Å². The second-order valence-electron chi connectivity index (χ2n) is 4.64. The minimum atomic E-state index is -0.964. The van der Waals surface area contributed by atoms with Gasteiger partial charge in [-0.15, -0.1) is 0 Å². The lowest BCUT2D eigenvalue weighted by molar-refractivity contribution is -0.139. The number of aliphatic imine (C=N–C) groups is 1. The molecule has 0 radical (unpaired) electrons. The lowest BCUT2D eigenvalue weighted by atomic mass is 9.99. The Morgan fingerprint density at radius 2 is 1.95 bits per heavy atom. The first-order valence-electron chi connectivity index (χ1n) is 6.62. The number of barbiturate groups is 1. The largest absolute Gasteiger partial charge is 0.330 e. The third-order valence-corrected chi connectivity index (χ3v) is 3.26. The van der Waals surface area contributed by atoms with Crippen LogP contribution in [0.3, 0.4) is 0 Å². The zero-order chi connectivity index (χ0) is 14.4. The highest BCUT2D eigenvalue weighted by Crippen LogP contribution is 2.14. The maximum atomic E-state index is 12.2. The maximum Gasteiger partial charge on any atom is 0.330 e. The second-order valence-corrected chi connectivity index (χ2v) is 4.64. The van der Waals surface area contributed by atoms with Crippen molar-refractivity contribution in [2.45, 2.75) is 39.5 Å². The highest BCUT2D eigenvalue weighted by atomic mass is 16.2. The number of hydrogen-bond acceptors (Lipinski definition) is 4. The van der Waals surface area contributed by atoms with Gasteiger partial charge in [0.25, 0.3) is 0 Å². The Morgan fingerprint density at radius 3 is 2.53 bits per heavy atom. The van der Waals surface area contributed by atoms with Crippen LogP contribution in [0.4, 0.5) is 4.79 Å². The van der Waals surface area contributed by atoms with Gasteiger partial charge in [-0.2, -0.15) is 0 Å². The number of carbonyl (C=O) groups is 3. The van der Waals surface area contributed by atoms with E-state index < -0.39 is 23.8 Å². The molecule has 0 aromatic carbocycles. The van der Waals surface area contributed by atoms with Crippen LogP contribution in [-0.4, -0.2) is 42.0 Å². The number of hydrogen-bond donors (Lipinski definition) is 1. The highest BCUT2D eigenvalue weighted by Gasteiger charge is 2.41. The molecule has 0 spiro atoms. The normalized spacial score (nSPS) is 20.8. The summed E-state index contributed by atoms with van der Waals surface area (Å²) in [6.07, 6.45) is 3.88. The first-order valence-corrected chi connectivity index (χ1v) is 6.62. The van der Waals surface area contributed by atoms with Gasteiger partial charge in [0, 0.05) is 19.3 Å². The monoisotopic (exact) mass is 267 g/mol. The van der Waals surface area contributed by atoms with Gasteiger partial charge >= 0.3 is 6.03 Å². The van der Waals surface area contributed by atoms with Crippen LogP contribution in [-0.2, 0) is 9.59 Å². The van der Waals surface area contributed by atoms with Gasteiger partial charge in [-0.3, -0.25) is 24.8 Å². The summed E-state index contributed by atoms with van der Waals surface area (Å²) in [6, 6.07) is -0.619. The van der Waals surface area contributed by atoms with E-state index in [-0.39, 0.29) is 0 Å². The van der Waals surface area contributed by atoms with Crippen molar-refractivity contribution in [3.8, 4) is 0 Å². The molecule has 0 bridgehead atoms. The lowest BCUT2D eigenvalue weighted by Gasteiger charge is -2.30. The van der Waals surface area contributed by atoms with Crippen molar-refractivity contribution >= 4 is 23.6 Å². The average Bonchev–Trinajstić information content (AvgIpc) is 2.37. The number of unbranched alkanes of at least 4 members (excludes halogenated alkanes) is 3. The predicted octanol–water partition coefficient (Wildman–Crippen LogP) is 1.35. The van der Waals surface area contributed by atoms with Crippen LogP contribution in [0.1, 0.15) is 39.5 Å².